The molecule has 2 aromatic heterocycles. The smallest absolute Gasteiger partial charge is 0.298 e. The summed E-state index contributed by atoms with van der Waals surface area (Å²) in [5, 5.41) is 19.7. The summed E-state index contributed by atoms with van der Waals surface area (Å²) in [4.78, 5) is 16.5. The molecule has 0 fully saturated rings. The molecule has 0 saturated heterocycles. The van der Waals surface area contributed by atoms with E-state index in [9.17, 15) is 24.1 Å². The highest BCUT2D eigenvalue weighted by Crippen LogP contribution is 2.23. The summed E-state index contributed by atoms with van der Waals surface area (Å²) < 4.78 is 24.7. The van der Waals surface area contributed by atoms with Gasteiger partial charge in [-0.15, -0.1) is 0 Å². The van der Waals surface area contributed by atoms with E-state index in [2.05, 4.69) is 9.97 Å². The molecular formula is C7H4F2N4O3. The highest BCUT2D eigenvalue weighted by molar-refractivity contribution is 5.73. The Morgan fingerprint density at radius 1 is 1.56 bits per heavy atom. The Morgan fingerprint density at radius 3 is 2.81 bits per heavy atom. The van der Waals surface area contributed by atoms with Crippen molar-refractivity contribution in [2.75, 3.05) is 0 Å². The van der Waals surface area contributed by atoms with E-state index in [0.29, 0.717) is 0 Å². The van der Waals surface area contributed by atoms with Crippen LogP contribution in [0.4, 0.5) is 14.5 Å². The number of hydrogen-bond donors (Lipinski definition) is 1. The number of aromatic nitrogens is 3. The highest BCUT2D eigenvalue weighted by Gasteiger charge is 2.21. The van der Waals surface area contributed by atoms with Gasteiger partial charge in [-0.2, -0.15) is 4.73 Å². The molecule has 0 aromatic carbocycles. The Morgan fingerprint density at radius 2 is 2.25 bits per heavy atom. The van der Waals surface area contributed by atoms with Crippen LogP contribution in [0.25, 0.3) is 11.2 Å². The summed E-state index contributed by atoms with van der Waals surface area (Å²) in [5.74, 6) is -0.900. The Hall–Kier alpha value is -2.32. The summed E-state index contributed by atoms with van der Waals surface area (Å²) in [6.07, 6.45) is -2.11. The minimum atomic E-state index is -2.99. The van der Waals surface area contributed by atoms with Gasteiger partial charge >= 0.3 is 0 Å². The predicted molar refractivity (Wildman–Crippen MR) is 46.3 cm³/mol. The van der Waals surface area contributed by atoms with E-state index in [0.717, 1.165) is 12.3 Å². The van der Waals surface area contributed by atoms with Crippen LogP contribution in [0.15, 0.2) is 12.3 Å². The van der Waals surface area contributed by atoms with Gasteiger partial charge in [0.05, 0.1) is 4.92 Å². The van der Waals surface area contributed by atoms with Gasteiger partial charge in [0.1, 0.15) is 11.7 Å². The Kier molecular flexibility index (Phi) is 2.15. The zero-order valence-corrected chi connectivity index (χ0v) is 7.54. The first-order chi connectivity index (χ1) is 7.50. The van der Waals surface area contributed by atoms with Gasteiger partial charge in [-0.25, -0.2) is 18.7 Å². The van der Waals surface area contributed by atoms with Crippen LogP contribution >= 0.6 is 0 Å². The van der Waals surface area contributed by atoms with E-state index in [-0.39, 0.29) is 15.9 Å². The van der Waals surface area contributed by atoms with Gasteiger partial charge in [-0.3, -0.25) is 10.1 Å². The number of alkyl halides is 2. The van der Waals surface area contributed by atoms with E-state index in [1.54, 1.807) is 0 Å². The lowest BCUT2D eigenvalue weighted by Crippen LogP contribution is -1.99. The van der Waals surface area contributed by atoms with Crippen LogP contribution < -0.4 is 0 Å². The van der Waals surface area contributed by atoms with Crippen molar-refractivity contribution in [3.05, 3.63) is 28.2 Å². The fourth-order valence-electron chi connectivity index (χ4n) is 1.20. The van der Waals surface area contributed by atoms with Gasteiger partial charge in [-0.1, -0.05) is 0 Å². The summed E-state index contributed by atoms with van der Waals surface area (Å²) in [7, 11) is 0. The molecule has 0 radical (unpaired) electrons. The van der Waals surface area contributed by atoms with Crippen molar-refractivity contribution >= 4 is 16.9 Å². The minimum Gasteiger partial charge on any atom is -0.426 e. The molecule has 0 bridgehead atoms. The summed E-state index contributed by atoms with van der Waals surface area (Å²) >= 11 is 0. The van der Waals surface area contributed by atoms with Crippen molar-refractivity contribution in [1.29, 1.82) is 0 Å². The lowest BCUT2D eigenvalue weighted by atomic mass is 10.4. The van der Waals surface area contributed by atoms with Crippen LogP contribution in [0.1, 0.15) is 12.2 Å². The monoisotopic (exact) mass is 230 g/mol. The number of nitrogens with zero attached hydrogens (tertiary/aromatic N) is 4. The molecule has 2 heterocycles. The molecule has 0 spiro atoms. The predicted octanol–water partition coefficient (Wildman–Crippen LogP) is 1.51. The second kappa shape index (κ2) is 3.36. The van der Waals surface area contributed by atoms with Gasteiger partial charge in [0.15, 0.2) is 5.65 Å². The number of fused-ring (bicyclic) bond motifs is 1. The fourth-order valence-corrected chi connectivity index (χ4v) is 1.20. The third kappa shape index (κ3) is 1.42. The van der Waals surface area contributed by atoms with Crippen molar-refractivity contribution in [3.8, 4) is 0 Å². The van der Waals surface area contributed by atoms with Crippen molar-refractivity contribution < 1.29 is 18.9 Å². The molecular weight excluding hydrogens is 226 g/mol. The minimum absolute atomic E-state index is 0.0972. The van der Waals surface area contributed by atoms with E-state index in [1.165, 1.54) is 0 Å². The average Bonchev–Trinajstić information content (AvgIpc) is 2.56. The molecule has 2 aromatic rings. The SMILES string of the molecule is O=[N+]([O-])c1cnc2nc(C(F)F)n(O)c2c1. The average molecular weight is 230 g/mol. The van der Waals surface area contributed by atoms with Crippen LogP contribution in [0.5, 0.6) is 0 Å². The molecule has 2 rings (SSSR count). The van der Waals surface area contributed by atoms with Crippen LogP contribution in [0.2, 0.25) is 0 Å². The summed E-state index contributed by atoms with van der Waals surface area (Å²) in [6.45, 7) is 0. The third-order valence-corrected chi connectivity index (χ3v) is 1.90. The van der Waals surface area contributed by atoms with Crippen LogP contribution in [0.3, 0.4) is 0 Å². The highest BCUT2D eigenvalue weighted by atomic mass is 19.3. The van der Waals surface area contributed by atoms with Gasteiger partial charge in [-0.05, 0) is 0 Å². The van der Waals surface area contributed by atoms with E-state index >= 15 is 0 Å². The molecule has 0 aliphatic heterocycles. The second-order valence-electron chi connectivity index (χ2n) is 2.88. The Bertz CT molecular complexity index is 568. The maximum absolute atomic E-state index is 12.3. The molecule has 0 amide bonds. The maximum Gasteiger partial charge on any atom is 0.298 e. The molecule has 16 heavy (non-hydrogen) atoms. The van der Waals surface area contributed by atoms with Gasteiger partial charge in [0.2, 0.25) is 5.82 Å². The lowest BCUT2D eigenvalue weighted by molar-refractivity contribution is -0.385. The quantitative estimate of drug-likeness (QED) is 0.479. The number of rotatable bonds is 2. The molecule has 0 saturated carbocycles. The standard InChI is InChI=1S/C7H4F2N4O3/c8-5(9)7-11-6-4(12(7)14)1-3(2-10-6)13(15)16/h1-2,5,14H. The first-order valence-corrected chi connectivity index (χ1v) is 4.01. The maximum atomic E-state index is 12.3. The first kappa shape index (κ1) is 10.2. The number of imidazole rings is 1. The van der Waals surface area contributed by atoms with Crippen molar-refractivity contribution in [2.24, 2.45) is 0 Å². The summed E-state index contributed by atoms with van der Waals surface area (Å²) in [6, 6.07) is 0.918. The molecule has 9 heteroatoms. The van der Waals surface area contributed by atoms with E-state index in [1.807, 2.05) is 0 Å². The van der Waals surface area contributed by atoms with Crippen LogP contribution in [-0.2, 0) is 0 Å². The topological polar surface area (TPSA) is 94.1 Å². The number of pyridine rings is 1. The second-order valence-corrected chi connectivity index (χ2v) is 2.88. The van der Waals surface area contributed by atoms with Gasteiger partial charge in [0.25, 0.3) is 12.1 Å². The molecule has 0 aliphatic rings. The summed E-state index contributed by atoms with van der Waals surface area (Å²) in [5.41, 5.74) is -0.823. The zero-order chi connectivity index (χ0) is 11.9. The normalized spacial score (nSPS) is 11.2. The molecule has 0 unspecified atom stereocenters. The number of nitro groups is 1. The van der Waals surface area contributed by atoms with Gasteiger partial charge < -0.3 is 5.21 Å². The molecule has 0 atom stereocenters. The van der Waals surface area contributed by atoms with E-state index in [4.69, 9.17) is 0 Å². The van der Waals surface area contributed by atoms with Crippen LogP contribution in [-0.4, -0.2) is 24.8 Å². The third-order valence-electron chi connectivity index (χ3n) is 1.90. The van der Waals surface area contributed by atoms with E-state index < -0.39 is 22.9 Å². The number of halogens is 2. The first-order valence-electron chi connectivity index (χ1n) is 4.01. The van der Waals surface area contributed by atoms with Crippen molar-refractivity contribution in [3.63, 3.8) is 0 Å². The Balaban J connectivity index is 2.69. The zero-order valence-electron chi connectivity index (χ0n) is 7.54. The lowest BCUT2D eigenvalue weighted by Gasteiger charge is -1.97. The fraction of sp³-hybridized carbons (Fsp3) is 0.143. The molecule has 7 nitrogen and oxygen atoms in total. The number of hydrogen-bond acceptors (Lipinski definition) is 5. The van der Waals surface area contributed by atoms with Crippen molar-refractivity contribution in [1.82, 2.24) is 14.7 Å². The molecule has 1 N–H and O–H groups in total. The largest absolute Gasteiger partial charge is 0.426 e. The Labute approximate surface area is 86.1 Å². The molecule has 0 aliphatic carbocycles. The van der Waals surface area contributed by atoms with Crippen molar-refractivity contribution in [2.45, 2.75) is 6.43 Å². The van der Waals surface area contributed by atoms with Crippen LogP contribution in [0, 0.1) is 10.1 Å². The molecule has 84 valence electrons. The van der Waals surface area contributed by atoms with Gasteiger partial charge in [0, 0.05) is 6.07 Å².